The number of aromatic nitrogens is 2. The van der Waals surface area contributed by atoms with Crippen LogP contribution in [0.15, 0.2) is 12.3 Å². The number of ether oxygens (including phenoxy) is 1. The van der Waals surface area contributed by atoms with Crippen molar-refractivity contribution in [2.45, 2.75) is 70.8 Å². The normalized spacial score (nSPS) is 37.9. The number of amides is 1. The average molecular weight is 360 g/mol. The Hall–Kier alpha value is -1.36. The maximum absolute atomic E-state index is 12.1. The number of aryl methyl sites for hydroxylation is 2. The van der Waals surface area contributed by atoms with Crippen molar-refractivity contribution in [1.29, 1.82) is 0 Å². The minimum absolute atomic E-state index is 0.0718. The number of nitrogens with zero attached hydrogens (tertiary/aromatic N) is 2. The van der Waals surface area contributed by atoms with Crippen LogP contribution in [-0.2, 0) is 23.0 Å². The molecule has 4 aliphatic rings. The molecule has 0 radical (unpaired) electrons. The zero-order chi connectivity index (χ0) is 18.4. The van der Waals surface area contributed by atoms with E-state index in [1.54, 1.807) is 6.20 Å². The molecular formula is C21H33N3O2. The van der Waals surface area contributed by atoms with Crippen molar-refractivity contribution in [2.24, 2.45) is 23.8 Å². The van der Waals surface area contributed by atoms with Crippen LogP contribution in [0.2, 0.25) is 0 Å². The molecule has 2 atom stereocenters. The molecule has 2 unspecified atom stereocenters. The summed E-state index contributed by atoms with van der Waals surface area (Å²) in [5, 5.41) is 7.16. The van der Waals surface area contributed by atoms with Gasteiger partial charge in [0.05, 0.1) is 12.2 Å². The van der Waals surface area contributed by atoms with E-state index in [-0.39, 0.29) is 11.5 Å². The first kappa shape index (κ1) is 18.0. The molecule has 26 heavy (non-hydrogen) atoms. The second-order valence-corrected chi connectivity index (χ2v) is 9.96. The van der Waals surface area contributed by atoms with Gasteiger partial charge in [-0.05, 0) is 67.8 Å². The fraction of sp³-hybridized carbons (Fsp3) is 0.810. The average Bonchev–Trinajstić information content (AvgIpc) is 2.91. The summed E-state index contributed by atoms with van der Waals surface area (Å²) in [5.41, 5.74) is 2.11. The molecule has 4 aliphatic carbocycles. The Morgan fingerprint density at radius 2 is 2.00 bits per heavy atom. The summed E-state index contributed by atoms with van der Waals surface area (Å²) >= 11 is 0. The topological polar surface area (TPSA) is 56.2 Å². The highest BCUT2D eigenvalue weighted by Crippen LogP contribution is 2.67. The molecule has 0 aromatic carbocycles. The van der Waals surface area contributed by atoms with Gasteiger partial charge in [-0.3, -0.25) is 9.48 Å². The van der Waals surface area contributed by atoms with Crippen molar-refractivity contribution in [3.05, 3.63) is 18.0 Å². The van der Waals surface area contributed by atoms with Gasteiger partial charge < -0.3 is 10.1 Å². The van der Waals surface area contributed by atoms with Crippen molar-refractivity contribution in [3.8, 4) is 0 Å². The molecule has 4 fully saturated rings. The van der Waals surface area contributed by atoms with Gasteiger partial charge in [0.2, 0.25) is 5.91 Å². The van der Waals surface area contributed by atoms with E-state index in [1.165, 1.54) is 38.5 Å². The number of hydrogen-bond donors (Lipinski definition) is 1. The summed E-state index contributed by atoms with van der Waals surface area (Å²) in [6.07, 6.45) is 10.8. The van der Waals surface area contributed by atoms with Gasteiger partial charge >= 0.3 is 0 Å². The van der Waals surface area contributed by atoms with Gasteiger partial charge in [-0.25, -0.2) is 0 Å². The van der Waals surface area contributed by atoms with E-state index in [0.29, 0.717) is 30.4 Å². The number of rotatable bonds is 7. The monoisotopic (exact) mass is 359 g/mol. The molecule has 1 amide bonds. The van der Waals surface area contributed by atoms with Crippen molar-refractivity contribution in [2.75, 3.05) is 13.2 Å². The van der Waals surface area contributed by atoms with Gasteiger partial charge in [0.25, 0.3) is 0 Å². The van der Waals surface area contributed by atoms with E-state index < -0.39 is 0 Å². The van der Waals surface area contributed by atoms with Gasteiger partial charge in [0.15, 0.2) is 0 Å². The number of nitrogens with one attached hydrogen (secondary N) is 1. The van der Waals surface area contributed by atoms with Crippen molar-refractivity contribution in [1.82, 2.24) is 15.1 Å². The van der Waals surface area contributed by atoms with E-state index in [0.717, 1.165) is 18.0 Å². The third-order valence-corrected chi connectivity index (χ3v) is 6.94. The predicted molar refractivity (Wildman–Crippen MR) is 101 cm³/mol. The summed E-state index contributed by atoms with van der Waals surface area (Å²) < 4.78 is 8.29. The van der Waals surface area contributed by atoms with E-state index in [9.17, 15) is 4.79 Å². The third-order valence-electron chi connectivity index (χ3n) is 6.94. The number of carbonyl (C=O) groups is 1. The first-order valence-corrected chi connectivity index (χ1v) is 10.2. The van der Waals surface area contributed by atoms with Crippen LogP contribution >= 0.6 is 0 Å². The molecule has 0 saturated heterocycles. The van der Waals surface area contributed by atoms with E-state index >= 15 is 0 Å². The Morgan fingerprint density at radius 3 is 2.62 bits per heavy atom. The molecule has 5 nitrogen and oxygen atoms in total. The Bertz CT molecular complexity index is 665. The Kier molecular flexibility index (Phi) is 4.41. The van der Waals surface area contributed by atoms with Crippen LogP contribution in [0.4, 0.5) is 0 Å². The molecule has 144 valence electrons. The molecule has 5 rings (SSSR count). The fourth-order valence-electron chi connectivity index (χ4n) is 6.94. The lowest BCUT2D eigenvalue weighted by atomic mass is 9.43. The lowest BCUT2D eigenvalue weighted by molar-refractivity contribution is -0.213. The summed E-state index contributed by atoms with van der Waals surface area (Å²) in [5.74, 6) is 0.939. The van der Waals surface area contributed by atoms with Crippen molar-refractivity contribution in [3.63, 3.8) is 0 Å². The molecular weight excluding hydrogens is 326 g/mol. The highest BCUT2D eigenvalue weighted by atomic mass is 16.5. The molecule has 1 N–H and O–H groups in total. The van der Waals surface area contributed by atoms with Crippen LogP contribution in [-0.4, -0.2) is 34.4 Å². The van der Waals surface area contributed by atoms with E-state index in [2.05, 4.69) is 24.3 Å². The van der Waals surface area contributed by atoms with Crippen molar-refractivity contribution < 1.29 is 9.53 Å². The zero-order valence-corrected chi connectivity index (χ0v) is 16.5. The fourth-order valence-corrected chi connectivity index (χ4v) is 6.94. The molecule has 4 saturated carbocycles. The number of hydrogen-bond acceptors (Lipinski definition) is 3. The lowest BCUT2D eigenvalue weighted by Crippen LogP contribution is -2.59. The van der Waals surface area contributed by atoms with Gasteiger partial charge in [-0.15, -0.1) is 0 Å². The summed E-state index contributed by atoms with van der Waals surface area (Å²) in [4.78, 5) is 12.1. The first-order chi connectivity index (χ1) is 12.3. The smallest absolute Gasteiger partial charge is 0.220 e. The standard InChI is InChI=1S/C21H33N3O2/c1-19-10-16-11-20(2,13-19)15-21(12-16,14-19)26-9-8-22-18(25)5-4-17-6-7-23-24(17)3/h6-7,16H,4-5,8-15H2,1-3H3,(H,22,25). The Labute approximate surface area is 156 Å². The summed E-state index contributed by atoms with van der Waals surface area (Å²) in [7, 11) is 1.91. The lowest BCUT2D eigenvalue weighted by Gasteiger charge is -2.65. The van der Waals surface area contributed by atoms with Gasteiger partial charge in [-0.1, -0.05) is 13.8 Å². The quantitative estimate of drug-likeness (QED) is 0.761. The highest BCUT2D eigenvalue weighted by molar-refractivity contribution is 5.76. The van der Waals surface area contributed by atoms with Crippen molar-refractivity contribution >= 4 is 5.91 Å². The zero-order valence-electron chi connectivity index (χ0n) is 16.5. The van der Waals surface area contributed by atoms with Crippen LogP contribution in [0.3, 0.4) is 0 Å². The Morgan fingerprint density at radius 1 is 1.27 bits per heavy atom. The third kappa shape index (κ3) is 3.55. The number of carbonyl (C=O) groups excluding carboxylic acids is 1. The Balaban J connectivity index is 1.22. The molecule has 0 aliphatic heterocycles. The van der Waals surface area contributed by atoms with E-state index in [1.807, 2.05) is 17.8 Å². The summed E-state index contributed by atoms with van der Waals surface area (Å²) in [6, 6.07) is 1.96. The predicted octanol–water partition coefficient (Wildman–Crippen LogP) is 3.23. The molecule has 5 heteroatoms. The van der Waals surface area contributed by atoms with Gasteiger partial charge in [0, 0.05) is 31.9 Å². The second kappa shape index (κ2) is 6.36. The second-order valence-electron chi connectivity index (χ2n) is 9.96. The molecule has 0 spiro atoms. The highest BCUT2D eigenvalue weighted by Gasteiger charge is 2.60. The van der Waals surface area contributed by atoms with Crippen LogP contribution in [0, 0.1) is 16.7 Å². The van der Waals surface area contributed by atoms with Crippen LogP contribution < -0.4 is 5.32 Å². The van der Waals surface area contributed by atoms with Gasteiger partial charge in [-0.2, -0.15) is 5.10 Å². The van der Waals surface area contributed by atoms with Crippen LogP contribution in [0.25, 0.3) is 0 Å². The first-order valence-electron chi connectivity index (χ1n) is 10.2. The van der Waals surface area contributed by atoms with Gasteiger partial charge in [0.1, 0.15) is 0 Å². The maximum Gasteiger partial charge on any atom is 0.220 e. The molecule has 1 aromatic heterocycles. The largest absolute Gasteiger partial charge is 0.373 e. The minimum Gasteiger partial charge on any atom is -0.373 e. The van der Waals surface area contributed by atoms with Crippen LogP contribution in [0.1, 0.15) is 64.5 Å². The maximum atomic E-state index is 12.1. The minimum atomic E-state index is 0.0718. The molecule has 4 bridgehead atoms. The summed E-state index contributed by atoms with van der Waals surface area (Å²) in [6.45, 7) is 6.18. The van der Waals surface area contributed by atoms with Crippen LogP contribution in [0.5, 0.6) is 0 Å². The SMILES string of the molecule is Cn1nccc1CCC(=O)NCCOC12CC3CC(C)(CC(C)(C3)C1)C2. The van der Waals surface area contributed by atoms with E-state index in [4.69, 9.17) is 4.74 Å². The molecule has 1 aromatic rings. The molecule has 1 heterocycles.